The van der Waals surface area contributed by atoms with Crippen molar-refractivity contribution in [3.8, 4) is 66.8 Å². The van der Waals surface area contributed by atoms with Gasteiger partial charge in [0, 0.05) is 22.3 Å². The maximum absolute atomic E-state index is 15.4. The molecule has 1 heteroatoms. The predicted octanol–water partition coefficient (Wildman–Crippen LogP) is 10.5. The summed E-state index contributed by atoms with van der Waals surface area (Å²) < 4.78 is 0. The highest BCUT2D eigenvalue weighted by molar-refractivity contribution is 6.23. The van der Waals surface area contributed by atoms with Gasteiger partial charge in [0.15, 0.2) is 5.43 Å². The topological polar surface area (TPSA) is 17.1 Å². The van der Waals surface area contributed by atoms with Gasteiger partial charge < -0.3 is 0 Å². The Hall–Kier alpha value is -5.53. The van der Waals surface area contributed by atoms with Crippen molar-refractivity contribution in [2.24, 2.45) is 0 Å². The van der Waals surface area contributed by atoms with Crippen molar-refractivity contribution >= 4 is 10.8 Å². The van der Waals surface area contributed by atoms with Gasteiger partial charge in [-0.1, -0.05) is 158 Å². The molecule has 8 rings (SSSR count). The van der Waals surface area contributed by atoms with E-state index in [-0.39, 0.29) is 5.43 Å². The molecule has 7 aromatic carbocycles. The molecule has 0 fully saturated rings. The van der Waals surface area contributed by atoms with E-state index in [4.69, 9.17) is 0 Å². The number of hydrogen-bond donors (Lipinski definition) is 0. The number of benzene rings is 6. The minimum Gasteiger partial charge on any atom is -0.289 e. The average molecular weight is 535 g/mol. The Balaban J connectivity index is 1.73. The van der Waals surface area contributed by atoms with Gasteiger partial charge in [0.05, 0.1) is 0 Å². The minimum absolute atomic E-state index is 0.0316. The Morgan fingerprint density at radius 3 is 0.976 bits per heavy atom. The van der Waals surface area contributed by atoms with Crippen molar-refractivity contribution in [1.82, 2.24) is 0 Å². The summed E-state index contributed by atoms with van der Waals surface area (Å²) in [5.41, 5.74) is 11.9. The molecule has 0 radical (unpaired) electrons. The fourth-order valence-electron chi connectivity index (χ4n) is 6.70. The van der Waals surface area contributed by atoms with E-state index in [9.17, 15) is 0 Å². The highest BCUT2D eigenvalue weighted by Crippen LogP contribution is 2.56. The van der Waals surface area contributed by atoms with Crippen molar-refractivity contribution < 1.29 is 0 Å². The molecule has 0 atom stereocenters. The molecule has 0 spiro atoms. The number of rotatable bonds is 4. The van der Waals surface area contributed by atoms with Crippen LogP contribution in [0.5, 0.6) is 0 Å². The summed E-state index contributed by atoms with van der Waals surface area (Å²) in [6.07, 6.45) is 0. The van der Waals surface area contributed by atoms with Gasteiger partial charge in [-0.2, -0.15) is 0 Å². The first-order valence-corrected chi connectivity index (χ1v) is 14.3. The Labute approximate surface area is 245 Å². The van der Waals surface area contributed by atoms with E-state index in [0.29, 0.717) is 0 Å². The smallest absolute Gasteiger partial charge is 0.195 e. The van der Waals surface area contributed by atoms with E-state index >= 15 is 4.79 Å². The fraction of sp³-hybridized carbons (Fsp3) is 0. The molecular formula is C41H26O. The summed E-state index contributed by atoms with van der Waals surface area (Å²) >= 11 is 0. The van der Waals surface area contributed by atoms with Crippen LogP contribution in [-0.2, 0) is 0 Å². The van der Waals surface area contributed by atoms with Crippen molar-refractivity contribution in [2.75, 3.05) is 0 Å². The van der Waals surface area contributed by atoms with Crippen molar-refractivity contribution in [3.63, 3.8) is 0 Å². The lowest BCUT2D eigenvalue weighted by Crippen LogP contribution is -2.08. The molecule has 0 N–H and O–H groups in total. The molecular weight excluding hydrogens is 508 g/mol. The monoisotopic (exact) mass is 534 g/mol. The molecule has 0 bridgehead atoms. The standard InChI is InChI=1S/C41H26O/c42-41-37(30-19-9-3-10-20-30)35(28-15-5-1-6-16-28)39-32-25-13-23-27-24-14-26-33(34(27)32)40(39)36(29-17-7-2-8-18-29)38(41)31-21-11-4-12-22-31/h1-26H. The fourth-order valence-corrected chi connectivity index (χ4v) is 6.70. The van der Waals surface area contributed by atoms with Gasteiger partial charge in [-0.3, -0.25) is 4.79 Å². The van der Waals surface area contributed by atoms with Crippen LogP contribution in [0.1, 0.15) is 0 Å². The molecule has 1 nitrogen and oxygen atoms in total. The van der Waals surface area contributed by atoms with Crippen molar-refractivity contribution in [1.29, 1.82) is 0 Å². The Morgan fingerprint density at radius 1 is 0.286 bits per heavy atom. The van der Waals surface area contributed by atoms with Gasteiger partial charge in [0.1, 0.15) is 0 Å². The number of hydrogen-bond acceptors (Lipinski definition) is 1. The van der Waals surface area contributed by atoms with E-state index in [1.54, 1.807) is 0 Å². The maximum Gasteiger partial charge on any atom is 0.195 e. The van der Waals surface area contributed by atoms with E-state index in [2.05, 4.69) is 109 Å². The SMILES string of the molecule is O=c1c(-c2ccccc2)c(-c2ccccc2)c2c(c(-c3ccccc3)c1-c1ccccc1)-c1cccc3cccc-2c13. The predicted molar refractivity (Wildman–Crippen MR) is 176 cm³/mol. The summed E-state index contributed by atoms with van der Waals surface area (Å²) in [6, 6.07) is 54.3. The highest BCUT2D eigenvalue weighted by atomic mass is 16.1. The van der Waals surface area contributed by atoms with E-state index in [0.717, 1.165) is 55.6 Å². The molecule has 0 heterocycles. The molecule has 42 heavy (non-hydrogen) atoms. The van der Waals surface area contributed by atoms with Gasteiger partial charge in [0.25, 0.3) is 0 Å². The maximum atomic E-state index is 15.4. The molecule has 0 saturated carbocycles. The summed E-state index contributed by atoms with van der Waals surface area (Å²) in [7, 11) is 0. The van der Waals surface area contributed by atoms with Crippen LogP contribution in [0.15, 0.2) is 163 Å². The van der Waals surface area contributed by atoms with Gasteiger partial charge in [-0.15, -0.1) is 0 Å². The molecule has 1 aliphatic rings. The third-order valence-electron chi connectivity index (χ3n) is 8.40. The van der Waals surface area contributed by atoms with E-state index in [1.807, 2.05) is 48.5 Å². The molecule has 1 aliphatic carbocycles. The van der Waals surface area contributed by atoms with Crippen LogP contribution in [-0.4, -0.2) is 0 Å². The summed E-state index contributed by atoms with van der Waals surface area (Å²) in [6.45, 7) is 0. The normalized spacial score (nSPS) is 11.4. The van der Waals surface area contributed by atoms with E-state index < -0.39 is 0 Å². The second-order valence-corrected chi connectivity index (χ2v) is 10.8. The first-order valence-electron chi connectivity index (χ1n) is 14.3. The molecule has 196 valence electrons. The highest BCUT2D eigenvalue weighted by Gasteiger charge is 2.32. The third-order valence-corrected chi connectivity index (χ3v) is 8.40. The zero-order valence-electron chi connectivity index (χ0n) is 22.9. The quantitative estimate of drug-likeness (QED) is 0.219. The molecule has 0 amide bonds. The third kappa shape index (κ3) is 3.68. The Kier molecular flexibility index (Phi) is 5.68. The van der Waals surface area contributed by atoms with Crippen molar-refractivity contribution in [2.45, 2.75) is 0 Å². The van der Waals surface area contributed by atoms with Gasteiger partial charge in [-0.05, 0) is 55.3 Å². The minimum atomic E-state index is 0.0316. The zero-order valence-corrected chi connectivity index (χ0v) is 22.9. The lowest BCUT2D eigenvalue weighted by molar-refractivity contribution is 1.54. The van der Waals surface area contributed by atoms with Crippen LogP contribution in [0.4, 0.5) is 0 Å². The first-order chi connectivity index (χ1) is 20.8. The van der Waals surface area contributed by atoms with Crippen LogP contribution in [0, 0.1) is 0 Å². The van der Waals surface area contributed by atoms with Crippen molar-refractivity contribution in [3.05, 3.63) is 168 Å². The molecule has 7 aromatic rings. The number of fused-ring (bicyclic) bond motifs is 3. The van der Waals surface area contributed by atoms with Crippen LogP contribution in [0.25, 0.3) is 77.5 Å². The zero-order chi connectivity index (χ0) is 28.0. The Bertz CT molecular complexity index is 2010. The summed E-state index contributed by atoms with van der Waals surface area (Å²) in [5.74, 6) is 0. The van der Waals surface area contributed by atoms with Gasteiger partial charge in [0.2, 0.25) is 0 Å². The first kappa shape index (κ1) is 24.3. The second kappa shape index (κ2) is 9.83. The largest absolute Gasteiger partial charge is 0.289 e. The molecule has 0 saturated heterocycles. The summed E-state index contributed by atoms with van der Waals surface area (Å²) in [4.78, 5) is 15.4. The lowest BCUT2D eigenvalue weighted by atomic mass is 9.88. The molecule has 0 aromatic heterocycles. The van der Waals surface area contributed by atoms with Crippen LogP contribution in [0.3, 0.4) is 0 Å². The average Bonchev–Trinajstić information content (AvgIpc) is 3.32. The molecule has 0 unspecified atom stereocenters. The Morgan fingerprint density at radius 2 is 0.619 bits per heavy atom. The summed E-state index contributed by atoms with van der Waals surface area (Å²) in [5, 5.41) is 2.44. The van der Waals surface area contributed by atoms with Crippen LogP contribution >= 0.6 is 0 Å². The van der Waals surface area contributed by atoms with Crippen LogP contribution in [0.2, 0.25) is 0 Å². The lowest BCUT2D eigenvalue weighted by Gasteiger charge is -2.14. The second-order valence-electron chi connectivity index (χ2n) is 10.8. The molecule has 0 aliphatic heterocycles. The van der Waals surface area contributed by atoms with Gasteiger partial charge in [-0.25, -0.2) is 0 Å². The van der Waals surface area contributed by atoms with Crippen LogP contribution < -0.4 is 5.43 Å². The van der Waals surface area contributed by atoms with E-state index in [1.165, 1.54) is 21.9 Å². The van der Waals surface area contributed by atoms with Gasteiger partial charge >= 0.3 is 0 Å².